The normalized spacial score (nSPS) is 11.6. The Balaban J connectivity index is 2.13. The van der Waals surface area contributed by atoms with Crippen LogP contribution in [0.4, 0.5) is 4.79 Å². The van der Waals surface area contributed by atoms with Gasteiger partial charge in [-0.25, -0.2) is 4.79 Å². The second-order valence-electron chi connectivity index (χ2n) is 4.45. The first kappa shape index (κ1) is 14.9. The van der Waals surface area contributed by atoms with Gasteiger partial charge < -0.3 is 15.7 Å². The van der Waals surface area contributed by atoms with E-state index in [1.807, 2.05) is 12.1 Å². The highest BCUT2D eigenvalue weighted by Gasteiger charge is 2.08. The quantitative estimate of drug-likeness (QED) is 0.686. The maximum Gasteiger partial charge on any atom is 0.314 e. The molecule has 0 saturated carbocycles. The number of aliphatic carboxylic acids is 1. The molecule has 6 nitrogen and oxygen atoms in total. The highest BCUT2D eigenvalue weighted by atomic mass is 16.4. The Bertz CT molecular complexity index is 409. The third kappa shape index (κ3) is 7.03. The van der Waals surface area contributed by atoms with Gasteiger partial charge in [-0.2, -0.15) is 0 Å². The summed E-state index contributed by atoms with van der Waals surface area (Å²) in [6.07, 6.45) is 4.23. The number of amides is 2. The van der Waals surface area contributed by atoms with Crippen LogP contribution in [0.25, 0.3) is 0 Å². The lowest BCUT2D eigenvalue weighted by molar-refractivity contribution is -0.137. The molecule has 0 aliphatic heterocycles. The van der Waals surface area contributed by atoms with E-state index in [0.29, 0.717) is 19.5 Å². The first-order valence-corrected chi connectivity index (χ1v) is 6.20. The predicted octanol–water partition coefficient (Wildman–Crippen LogP) is 1.03. The van der Waals surface area contributed by atoms with Crippen molar-refractivity contribution in [2.45, 2.75) is 19.8 Å². The third-order valence-electron chi connectivity index (χ3n) is 2.56. The molecule has 1 unspecified atom stereocenters. The molecule has 6 heteroatoms. The highest BCUT2D eigenvalue weighted by molar-refractivity contribution is 5.74. The lowest BCUT2D eigenvalue weighted by atomic mass is 10.1. The predicted molar refractivity (Wildman–Crippen MR) is 70.8 cm³/mol. The van der Waals surface area contributed by atoms with Gasteiger partial charge in [0.2, 0.25) is 0 Å². The van der Waals surface area contributed by atoms with E-state index in [9.17, 15) is 9.59 Å². The number of urea groups is 1. The van der Waals surface area contributed by atoms with Gasteiger partial charge in [-0.3, -0.25) is 9.78 Å². The molecule has 0 aliphatic carbocycles. The fourth-order valence-corrected chi connectivity index (χ4v) is 1.57. The summed E-state index contributed by atoms with van der Waals surface area (Å²) in [6, 6.07) is 3.52. The molecule has 3 N–H and O–H groups in total. The van der Waals surface area contributed by atoms with Gasteiger partial charge in [0.15, 0.2) is 0 Å². The van der Waals surface area contributed by atoms with Gasteiger partial charge in [0, 0.05) is 31.9 Å². The lowest BCUT2D eigenvalue weighted by Crippen LogP contribution is -2.39. The molecule has 0 radical (unpaired) electrons. The van der Waals surface area contributed by atoms with Crippen LogP contribution in [0.2, 0.25) is 0 Å². The molecule has 0 saturated heterocycles. The first-order valence-electron chi connectivity index (χ1n) is 6.20. The summed E-state index contributed by atoms with van der Waals surface area (Å²) in [5.74, 6) is -0.937. The van der Waals surface area contributed by atoms with Crippen molar-refractivity contribution >= 4 is 12.0 Å². The second-order valence-corrected chi connectivity index (χ2v) is 4.45. The minimum absolute atomic E-state index is 0.0516. The maximum absolute atomic E-state index is 11.4. The molecular weight excluding hydrogens is 246 g/mol. The van der Waals surface area contributed by atoms with Gasteiger partial charge in [0.25, 0.3) is 0 Å². The van der Waals surface area contributed by atoms with Crippen molar-refractivity contribution in [1.82, 2.24) is 15.6 Å². The van der Waals surface area contributed by atoms with Gasteiger partial charge in [-0.05, 0) is 24.0 Å². The van der Waals surface area contributed by atoms with Crippen molar-refractivity contribution in [3.05, 3.63) is 30.1 Å². The van der Waals surface area contributed by atoms with Crippen LogP contribution in [-0.4, -0.2) is 35.2 Å². The molecule has 2 amide bonds. The van der Waals surface area contributed by atoms with Crippen molar-refractivity contribution < 1.29 is 14.7 Å². The van der Waals surface area contributed by atoms with Gasteiger partial charge >= 0.3 is 12.0 Å². The summed E-state index contributed by atoms with van der Waals surface area (Å²) in [5.41, 5.74) is 1.06. The number of aromatic nitrogens is 1. The maximum atomic E-state index is 11.4. The van der Waals surface area contributed by atoms with Crippen LogP contribution in [0.15, 0.2) is 24.5 Å². The summed E-state index contributed by atoms with van der Waals surface area (Å²) >= 11 is 0. The van der Waals surface area contributed by atoms with Gasteiger partial charge in [-0.1, -0.05) is 13.0 Å². The van der Waals surface area contributed by atoms with Crippen molar-refractivity contribution in [3.8, 4) is 0 Å². The van der Waals surface area contributed by atoms with Crippen LogP contribution in [0.3, 0.4) is 0 Å². The van der Waals surface area contributed by atoms with Gasteiger partial charge in [0.1, 0.15) is 0 Å². The lowest BCUT2D eigenvalue weighted by Gasteiger charge is -2.11. The van der Waals surface area contributed by atoms with E-state index in [0.717, 1.165) is 5.56 Å². The Kier molecular flexibility index (Phi) is 6.35. The monoisotopic (exact) mass is 265 g/mol. The van der Waals surface area contributed by atoms with Crippen LogP contribution >= 0.6 is 0 Å². The van der Waals surface area contributed by atoms with Crippen LogP contribution in [-0.2, 0) is 11.2 Å². The number of hydrogen-bond donors (Lipinski definition) is 3. The fourth-order valence-electron chi connectivity index (χ4n) is 1.57. The zero-order chi connectivity index (χ0) is 14.1. The Hall–Kier alpha value is -2.11. The van der Waals surface area contributed by atoms with Gasteiger partial charge in [0.05, 0.1) is 0 Å². The number of hydrogen-bond acceptors (Lipinski definition) is 3. The van der Waals surface area contributed by atoms with Crippen LogP contribution < -0.4 is 10.6 Å². The Labute approximate surface area is 112 Å². The summed E-state index contributed by atoms with van der Waals surface area (Å²) in [6.45, 7) is 2.65. The molecular formula is C13H19N3O3. The van der Waals surface area contributed by atoms with Crippen LogP contribution in [0.1, 0.15) is 18.9 Å². The number of carboxylic acids is 1. The summed E-state index contributed by atoms with van der Waals surface area (Å²) < 4.78 is 0. The largest absolute Gasteiger partial charge is 0.481 e. The molecule has 1 heterocycles. The molecule has 0 spiro atoms. The van der Waals surface area contributed by atoms with E-state index in [2.05, 4.69) is 15.6 Å². The third-order valence-corrected chi connectivity index (χ3v) is 2.56. The molecule has 0 aliphatic rings. The highest BCUT2D eigenvalue weighted by Crippen LogP contribution is 1.99. The molecule has 1 atom stereocenters. The number of nitrogens with zero attached hydrogens (tertiary/aromatic N) is 1. The van der Waals surface area contributed by atoms with Gasteiger partial charge in [-0.15, -0.1) is 0 Å². The number of carboxylic acid groups (broad SMARTS) is 1. The van der Waals surface area contributed by atoms with E-state index in [4.69, 9.17) is 5.11 Å². The van der Waals surface area contributed by atoms with Crippen LogP contribution in [0, 0.1) is 5.92 Å². The van der Waals surface area contributed by atoms with Crippen molar-refractivity contribution in [3.63, 3.8) is 0 Å². The number of rotatable bonds is 7. The number of carbonyl (C=O) groups excluding carboxylic acids is 1. The average Bonchev–Trinajstić information content (AvgIpc) is 2.37. The molecule has 1 aromatic rings. The fraction of sp³-hybridized carbons (Fsp3) is 0.462. The second kappa shape index (κ2) is 8.07. The zero-order valence-electron chi connectivity index (χ0n) is 10.9. The summed E-state index contributed by atoms with van der Waals surface area (Å²) in [5, 5.41) is 13.9. The Morgan fingerprint density at radius 3 is 2.84 bits per heavy atom. The minimum atomic E-state index is -0.855. The molecule has 1 rings (SSSR count). The Morgan fingerprint density at radius 1 is 1.42 bits per heavy atom. The molecule has 19 heavy (non-hydrogen) atoms. The van der Waals surface area contributed by atoms with E-state index >= 15 is 0 Å². The van der Waals surface area contributed by atoms with Crippen molar-refractivity contribution in [2.24, 2.45) is 5.92 Å². The topological polar surface area (TPSA) is 91.3 Å². The number of pyridine rings is 1. The molecule has 1 aromatic heterocycles. The first-order chi connectivity index (χ1) is 9.08. The average molecular weight is 265 g/mol. The SMILES string of the molecule is CC(CNC(=O)NCCc1cccnc1)CC(=O)O. The standard InChI is InChI=1S/C13H19N3O3/c1-10(7-12(17)18)8-16-13(19)15-6-4-11-3-2-5-14-9-11/h2-3,5,9-10H,4,6-8H2,1H3,(H,17,18)(H2,15,16,19). The molecule has 0 bridgehead atoms. The van der Waals surface area contributed by atoms with Crippen molar-refractivity contribution in [1.29, 1.82) is 0 Å². The van der Waals surface area contributed by atoms with Crippen LogP contribution in [0.5, 0.6) is 0 Å². The minimum Gasteiger partial charge on any atom is -0.481 e. The van der Waals surface area contributed by atoms with E-state index in [-0.39, 0.29) is 18.4 Å². The Morgan fingerprint density at radius 2 is 2.21 bits per heavy atom. The zero-order valence-corrected chi connectivity index (χ0v) is 10.9. The number of carbonyl (C=O) groups is 2. The van der Waals surface area contributed by atoms with Crippen molar-refractivity contribution in [2.75, 3.05) is 13.1 Å². The number of nitrogens with one attached hydrogen (secondary N) is 2. The smallest absolute Gasteiger partial charge is 0.314 e. The molecule has 0 fully saturated rings. The molecule has 0 aromatic carbocycles. The van der Waals surface area contributed by atoms with E-state index in [1.54, 1.807) is 19.3 Å². The molecule has 104 valence electrons. The van der Waals surface area contributed by atoms with E-state index in [1.165, 1.54) is 0 Å². The van der Waals surface area contributed by atoms with E-state index < -0.39 is 5.97 Å². The summed E-state index contributed by atoms with van der Waals surface area (Å²) in [7, 11) is 0. The summed E-state index contributed by atoms with van der Waals surface area (Å²) in [4.78, 5) is 25.9.